The second kappa shape index (κ2) is 5.64. The zero-order chi connectivity index (χ0) is 18.0. The fourth-order valence-corrected chi connectivity index (χ4v) is 5.97. The lowest BCUT2D eigenvalue weighted by molar-refractivity contribution is -0.0227. The Morgan fingerprint density at radius 1 is 1.12 bits per heavy atom. The van der Waals surface area contributed by atoms with E-state index in [0.29, 0.717) is 23.5 Å². The van der Waals surface area contributed by atoms with Crippen LogP contribution in [0.3, 0.4) is 0 Å². The molecule has 5 unspecified atom stereocenters. The molecule has 1 aromatic rings. The molecule has 0 aromatic heterocycles. The molecule has 0 radical (unpaired) electrons. The first kappa shape index (κ1) is 17.2. The highest BCUT2D eigenvalue weighted by Crippen LogP contribution is 2.61. The molecule has 0 spiro atoms. The van der Waals surface area contributed by atoms with Gasteiger partial charge in [-0.25, -0.2) is 0 Å². The fraction of sp³-hybridized carbons (Fsp3) is 0.727. The number of fused-ring (bicyclic) bond motifs is 5. The van der Waals surface area contributed by atoms with Crippen molar-refractivity contribution in [3.05, 3.63) is 23.3 Å². The molecule has 0 amide bonds. The standard InChI is InChI=1S/C22H32O3/c1-21(2,3)25-19-12-16-13(11-18(19)23)5-6-15-14(16)9-10-22(4)17(15)7-8-20(22)24/h11-12,14-15,17,20,23-24H,5-10H2,1-4H3. The topological polar surface area (TPSA) is 49.7 Å². The van der Waals surface area contributed by atoms with Crippen LogP contribution in [-0.2, 0) is 6.42 Å². The number of aliphatic hydroxyl groups excluding tert-OH is 1. The number of rotatable bonds is 1. The number of hydrogen-bond donors (Lipinski definition) is 2. The van der Waals surface area contributed by atoms with E-state index in [-0.39, 0.29) is 22.9 Å². The van der Waals surface area contributed by atoms with Crippen molar-refractivity contribution in [1.82, 2.24) is 0 Å². The summed E-state index contributed by atoms with van der Waals surface area (Å²) in [6.07, 6.45) is 6.46. The molecule has 1 aromatic carbocycles. The number of phenols is 1. The maximum Gasteiger partial charge on any atom is 0.162 e. The Bertz CT molecular complexity index is 675. The number of benzene rings is 1. The Kier molecular flexibility index (Phi) is 3.88. The van der Waals surface area contributed by atoms with E-state index in [9.17, 15) is 10.2 Å². The molecule has 5 atom stereocenters. The van der Waals surface area contributed by atoms with Crippen LogP contribution in [0.2, 0.25) is 0 Å². The van der Waals surface area contributed by atoms with Crippen molar-refractivity contribution in [2.24, 2.45) is 17.3 Å². The molecule has 0 saturated heterocycles. The molecule has 0 aliphatic heterocycles. The summed E-state index contributed by atoms with van der Waals surface area (Å²) in [7, 11) is 0. The van der Waals surface area contributed by atoms with E-state index >= 15 is 0 Å². The zero-order valence-corrected chi connectivity index (χ0v) is 16.0. The summed E-state index contributed by atoms with van der Waals surface area (Å²) in [4.78, 5) is 0. The first-order chi connectivity index (χ1) is 11.7. The third-order valence-electron chi connectivity index (χ3n) is 7.17. The first-order valence-corrected chi connectivity index (χ1v) is 9.92. The number of aromatic hydroxyl groups is 1. The van der Waals surface area contributed by atoms with Crippen molar-refractivity contribution in [3.8, 4) is 11.5 Å². The molecule has 2 N–H and O–H groups in total. The highest BCUT2D eigenvalue weighted by atomic mass is 16.5. The summed E-state index contributed by atoms with van der Waals surface area (Å²) in [5, 5.41) is 20.9. The van der Waals surface area contributed by atoms with Gasteiger partial charge in [0, 0.05) is 0 Å². The van der Waals surface area contributed by atoms with Gasteiger partial charge >= 0.3 is 0 Å². The lowest BCUT2D eigenvalue weighted by atomic mass is 9.55. The zero-order valence-electron chi connectivity index (χ0n) is 16.0. The van der Waals surface area contributed by atoms with Crippen molar-refractivity contribution in [2.45, 2.75) is 83.8 Å². The second-order valence-corrected chi connectivity index (χ2v) is 9.79. The maximum absolute atomic E-state index is 10.5. The summed E-state index contributed by atoms with van der Waals surface area (Å²) in [5.74, 6) is 2.73. The quantitative estimate of drug-likeness (QED) is 0.770. The minimum Gasteiger partial charge on any atom is -0.504 e. The first-order valence-electron chi connectivity index (χ1n) is 9.92. The summed E-state index contributed by atoms with van der Waals surface area (Å²) in [6.45, 7) is 8.36. The summed E-state index contributed by atoms with van der Waals surface area (Å²) >= 11 is 0. The minimum atomic E-state index is -0.319. The van der Waals surface area contributed by atoms with Crippen molar-refractivity contribution < 1.29 is 14.9 Å². The number of phenolic OH excluding ortho intramolecular Hbond substituents is 1. The SMILES string of the molecule is CC(C)(C)Oc1cc2c(cc1O)CCC1C2CCC2(C)C(O)CCC12. The van der Waals surface area contributed by atoms with Crippen LogP contribution in [-0.4, -0.2) is 21.9 Å². The smallest absolute Gasteiger partial charge is 0.162 e. The molecule has 2 fully saturated rings. The largest absolute Gasteiger partial charge is 0.504 e. The van der Waals surface area contributed by atoms with E-state index in [2.05, 4.69) is 13.0 Å². The molecule has 0 bridgehead atoms. The number of aryl methyl sites for hydroxylation is 1. The van der Waals surface area contributed by atoms with Gasteiger partial charge in [-0.3, -0.25) is 0 Å². The molecule has 2 saturated carbocycles. The molecule has 3 nitrogen and oxygen atoms in total. The van der Waals surface area contributed by atoms with Crippen LogP contribution in [0.25, 0.3) is 0 Å². The average Bonchev–Trinajstić information content (AvgIpc) is 2.82. The molecule has 3 aliphatic carbocycles. The van der Waals surface area contributed by atoms with E-state index in [1.54, 1.807) is 0 Å². The number of hydrogen-bond acceptors (Lipinski definition) is 3. The van der Waals surface area contributed by atoms with Gasteiger partial charge in [-0.2, -0.15) is 0 Å². The number of aliphatic hydroxyl groups is 1. The minimum absolute atomic E-state index is 0.111. The Hall–Kier alpha value is -1.22. The average molecular weight is 344 g/mol. The van der Waals surface area contributed by atoms with Crippen LogP contribution in [0, 0.1) is 17.3 Å². The number of ether oxygens (including phenoxy) is 1. The van der Waals surface area contributed by atoms with Gasteiger partial charge in [0.1, 0.15) is 5.60 Å². The van der Waals surface area contributed by atoms with Crippen LogP contribution in [0.15, 0.2) is 12.1 Å². The lowest BCUT2D eigenvalue weighted by Gasteiger charge is -2.50. The summed E-state index contributed by atoms with van der Waals surface area (Å²) in [6, 6.07) is 4.05. The molecule has 138 valence electrons. The van der Waals surface area contributed by atoms with Gasteiger partial charge in [0.15, 0.2) is 11.5 Å². The van der Waals surface area contributed by atoms with Crippen molar-refractivity contribution in [1.29, 1.82) is 0 Å². The van der Waals surface area contributed by atoms with Crippen molar-refractivity contribution >= 4 is 0 Å². The van der Waals surface area contributed by atoms with Gasteiger partial charge in [0.2, 0.25) is 0 Å². The Morgan fingerprint density at radius 3 is 2.60 bits per heavy atom. The van der Waals surface area contributed by atoms with E-state index in [1.807, 2.05) is 26.8 Å². The lowest BCUT2D eigenvalue weighted by Crippen LogP contribution is -2.43. The van der Waals surface area contributed by atoms with Crippen LogP contribution in [0.1, 0.15) is 76.8 Å². The van der Waals surface area contributed by atoms with Crippen molar-refractivity contribution in [2.75, 3.05) is 0 Å². The Labute approximate surface area is 151 Å². The van der Waals surface area contributed by atoms with Gasteiger partial charge in [0.25, 0.3) is 0 Å². The van der Waals surface area contributed by atoms with Gasteiger partial charge in [0.05, 0.1) is 6.10 Å². The molecule has 25 heavy (non-hydrogen) atoms. The highest BCUT2D eigenvalue weighted by Gasteiger charge is 2.54. The maximum atomic E-state index is 10.5. The van der Waals surface area contributed by atoms with Crippen LogP contribution < -0.4 is 4.74 Å². The van der Waals surface area contributed by atoms with E-state index in [1.165, 1.54) is 17.5 Å². The van der Waals surface area contributed by atoms with E-state index in [4.69, 9.17) is 4.74 Å². The highest BCUT2D eigenvalue weighted by molar-refractivity contribution is 5.49. The van der Waals surface area contributed by atoms with Crippen molar-refractivity contribution in [3.63, 3.8) is 0 Å². The van der Waals surface area contributed by atoms with Gasteiger partial charge < -0.3 is 14.9 Å². The normalized spacial score (nSPS) is 37.2. The van der Waals surface area contributed by atoms with E-state index < -0.39 is 0 Å². The Balaban J connectivity index is 1.69. The molecular weight excluding hydrogens is 312 g/mol. The van der Waals surface area contributed by atoms with E-state index in [0.717, 1.165) is 32.1 Å². The van der Waals surface area contributed by atoms with Gasteiger partial charge in [-0.15, -0.1) is 0 Å². The third-order valence-corrected chi connectivity index (χ3v) is 7.17. The monoisotopic (exact) mass is 344 g/mol. The van der Waals surface area contributed by atoms with Crippen LogP contribution >= 0.6 is 0 Å². The predicted molar refractivity (Wildman–Crippen MR) is 99.1 cm³/mol. The summed E-state index contributed by atoms with van der Waals surface area (Å²) in [5.41, 5.74) is 2.47. The van der Waals surface area contributed by atoms with Crippen LogP contribution in [0.4, 0.5) is 0 Å². The fourth-order valence-electron chi connectivity index (χ4n) is 5.97. The molecule has 4 rings (SSSR count). The second-order valence-electron chi connectivity index (χ2n) is 9.79. The van der Waals surface area contributed by atoms with Crippen LogP contribution in [0.5, 0.6) is 11.5 Å². The molecule has 3 aliphatic rings. The third kappa shape index (κ3) is 2.75. The molecule has 0 heterocycles. The van der Waals surface area contributed by atoms with Gasteiger partial charge in [-0.1, -0.05) is 6.92 Å². The summed E-state index contributed by atoms with van der Waals surface area (Å²) < 4.78 is 6.01. The molecule has 3 heteroatoms. The predicted octanol–water partition coefficient (Wildman–Crippen LogP) is 4.79. The van der Waals surface area contributed by atoms with Gasteiger partial charge in [-0.05, 0) is 106 Å². The molecular formula is C22H32O3. The Morgan fingerprint density at radius 2 is 1.88 bits per heavy atom.